The van der Waals surface area contributed by atoms with Crippen molar-refractivity contribution < 1.29 is 0 Å². The van der Waals surface area contributed by atoms with Crippen LogP contribution in [0.4, 0.5) is 5.82 Å². The number of aryl methyl sites for hydroxylation is 1. The van der Waals surface area contributed by atoms with Crippen LogP contribution in [0.15, 0.2) is 6.07 Å². The van der Waals surface area contributed by atoms with E-state index in [0.29, 0.717) is 11.2 Å². The number of anilines is 1. The van der Waals surface area contributed by atoms with Crippen molar-refractivity contribution in [1.29, 1.82) is 0 Å². The fourth-order valence-electron chi connectivity index (χ4n) is 2.78. The Morgan fingerprint density at radius 3 is 2.60 bits per heavy atom. The van der Waals surface area contributed by atoms with E-state index in [1.54, 1.807) is 0 Å². The second-order valence-electron chi connectivity index (χ2n) is 5.49. The maximum Gasteiger partial charge on any atom is 0.134 e. The number of aromatic nitrogens is 2. The molecule has 1 fully saturated rings. The molecular weight excluding hydrogens is 272 g/mol. The minimum atomic E-state index is 0.552. The molecule has 112 valence electrons. The van der Waals surface area contributed by atoms with Crippen LogP contribution in [-0.4, -0.2) is 47.6 Å². The van der Waals surface area contributed by atoms with E-state index in [4.69, 9.17) is 11.6 Å². The molecule has 2 heterocycles. The second-order valence-corrected chi connectivity index (χ2v) is 5.88. The molecule has 1 saturated heterocycles. The van der Waals surface area contributed by atoms with E-state index in [1.807, 2.05) is 6.07 Å². The first-order valence-corrected chi connectivity index (χ1v) is 8.00. The van der Waals surface area contributed by atoms with Gasteiger partial charge in [0.05, 0.1) is 0 Å². The topological polar surface area (TPSA) is 32.3 Å². The molecule has 0 saturated carbocycles. The molecule has 1 aliphatic heterocycles. The zero-order chi connectivity index (χ0) is 14.5. The molecule has 0 N–H and O–H groups in total. The van der Waals surface area contributed by atoms with Gasteiger partial charge >= 0.3 is 0 Å². The van der Waals surface area contributed by atoms with Crippen LogP contribution < -0.4 is 4.90 Å². The fourth-order valence-corrected chi connectivity index (χ4v) is 2.97. The third kappa shape index (κ3) is 3.83. The average Bonchev–Trinajstić information content (AvgIpc) is 2.46. The van der Waals surface area contributed by atoms with Gasteiger partial charge in [-0.25, -0.2) is 9.97 Å². The first-order chi connectivity index (χ1) is 9.63. The highest BCUT2D eigenvalue weighted by Crippen LogP contribution is 2.22. The van der Waals surface area contributed by atoms with E-state index in [0.717, 1.165) is 31.0 Å². The minimum Gasteiger partial charge on any atom is -0.356 e. The van der Waals surface area contributed by atoms with E-state index < -0.39 is 0 Å². The quantitative estimate of drug-likeness (QED) is 0.782. The molecular formula is C15H25ClN4. The normalized spacial score (nSPS) is 17.4. The molecule has 0 bridgehead atoms. The van der Waals surface area contributed by atoms with E-state index in [2.05, 4.69) is 40.7 Å². The Balaban J connectivity index is 2.07. The molecule has 1 aliphatic rings. The molecule has 1 aromatic rings. The Morgan fingerprint density at radius 2 is 2.00 bits per heavy atom. The summed E-state index contributed by atoms with van der Waals surface area (Å²) in [5, 5.41) is 0.552. The zero-order valence-corrected chi connectivity index (χ0v) is 13.5. The summed E-state index contributed by atoms with van der Waals surface area (Å²) in [5.41, 5.74) is 0. The summed E-state index contributed by atoms with van der Waals surface area (Å²) < 4.78 is 0. The van der Waals surface area contributed by atoms with Gasteiger partial charge in [0.2, 0.25) is 0 Å². The lowest BCUT2D eigenvalue weighted by atomic mass is 10.0. The SMILES string of the molecule is CCCc1nc(Cl)cc(N(C)C2CCN(CC)CC2)n1. The predicted molar refractivity (Wildman–Crippen MR) is 84.6 cm³/mol. The maximum absolute atomic E-state index is 6.13. The second kappa shape index (κ2) is 7.23. The van der Waals surface area contributed by atoms with Gasteiger partial charge in [-0.15, -0.1) is 0 Å². The first-order valence-electron chi connectivity index (χ1n) is 7.62. The molecule has 4 nitrogen and oxygen atoms in total. The van der Waals surface area contributed by atoms with Gasteiger partial charge in [-0.1, -0.05) is 25.4 Å². The van der Waals surface area contributed by atoms with Crippen molar-refractivity contribution in [2.45, 2.75) is 45.6 Å². The number of hydrogen-bond acceptors (Lipinski definition) is 4. The fraction of sp³-hybridized carbons (Fsp3) is 0.733. The highest BCUT2D eigenvalue weighted by molar-refractivity contribution is 6.29. The number of halogens is 1. The Hall–Kier alpha value is -0.870. The number of hydrogen-bond donors (Lipinski definition) is 0. The minimum absolute atomic E-state index is 0.552. The molecule has 1 aromatic heterocycles. The van der Waals surface area contributed by atoms with Crippen LogP contribution in [-0.2, 0) is 6.42 Å². The molecule has 0 unspecified atom stereocenters. The van der Waals surface area contributed by atoms with Crippen molar-refractivity contribution in [2.24, 2.45) is 0 Å². The third-order valence-corrected chi connectivity index (χ3v) is 4.31. The monoisotopic (exact) mass is 296 g/mol. The Bertz CT molecular complexity index is 430. The molecule has 5 heteroatoms. The van der Waals surface area contributed by atoms with Crippen LogP contribution in [0.2, 0.25) is 5.15 Å². The Morgan fingerprint density at radius 1 is 1.30 bits per heavy atom. The van der Waals surface area contributed by atoms with Gasteiger partial charge in [-0.2, -0.15) is 0 Å². The summed E-state index contributed by atoms with van der Waals surface area (Å²) in [5.74, 6) is 1.82. The van der Waals surface area contributed by atoms with Gasteiger partial charge in [-0.3, -0.25) is 0 Å². The van der Waals surface area contributed by atoms with E-state index in [1.165, 1.54) is 25.9 Å². The highest BCUT2D eigenvalue weighted by Gasteiger charge is 2.23. The molecule has 0 radical (unpaired) electrons. The standard InChI is InChI=1S/C15H25ClN4/c1-4-6-14-17-13(16)11-15(18-14)19(3)12-7-9-20(5-2)10-8-12/h11-12H,4-10H2,1-3H3. The lowest BCUT2D eigenvalue weighted by Gasteiger charge is -2.36. The molecule has 0 amide bonds. The van der Waals surface area contributed by atoms with Crippen LogP contribution in [0.1, 0.15) is 38.9 Å². The maximum atomic E-state index is 6.13. The van der Waals surface area contributed by atoms with Crippen molar-refractivity contribution in [3.8, 4) is 0 Å². The largest absolute Gasteiger partial charge is 0.356 e. The van der Waals surface area contributed by atoms with Gasteiger partial charge < -0.3 is 9.80 Å². The Labute approximate surface area is 127 Å². The van der Waals surface area contributed by atoms with Crippen LogP contribution in [0.3, 0.4) is 0 Å². The molecule has 0 aliphatic carbocycles. The molecule has 0 atom stereocenters. The van der Waals surface area contributed by atoms with Crippen LogP contribution in [0, 0.1) is 0 Å². The number of piperidine rings is 1. The summed E-state index contributed by atoms with van der Waals surface area (Å²) in [6.07, 6.45) is 4.30. The summed E-state index contributed by atoms with van der Waals surface area (Å²) in [6, 6.07) is 2.44. The molecule has 0 spiro atoms. The van der Waals surface area contributed by atoms with E-state index in [9.17, 15) is 0 Å². The summed E-state index contributed by atoms with van der Waals surface area (Å²) in [6.45, 7) is 7.86. The molecule has 0 aromatic carbocycles. The number of rotatable bonds is 5. The lowest BCUT2D eigenvalue weighted by molar-refractivity contribution is 0.220. The molecule has 20 heavy (non-hydrogen) atoms. The van der Waals surface area contributed by atoms with Gasteiger partial charge in [0.25, 0.3) is 0 Å². The van der Waals surface area contributed by atoms with Gasteiger partial charge in [0.15, 0.2) is 0 Å². The van der Waals surface area contributed by atoms with Crippen molar-refractivity contribution in [3.05, 3.63) is 17.0 Å². The van der Waals surface area contributed by atoms with E-state index in [-0.39, 0.29) is 0 Å². The predicted octanol–water partition coefficient (Wildman–Crippen LogP) is 3.00. The van der Waals surface area contributed by atoms with E-state index >= 15 is 0 Å². The van der Waals surface area contributed by atoms with Crippen molar-refractivity contribution in [2.75, 3.05) is 31.6 Å². The summed E-state index contributed by atoms with van der Waals surface area (Å²) >= 11 is 6.13. The Kier molecular flexibility index (Phi) is 5.61. The summed E-state index contributed by atoms with van der Waals surface area (Å²) in [4.78, 5) is 13.7. The van der Waals surface area contributed by atoms with Crippen molar-refractivity contribution in [1.82, 2.24) is 14.9 Å². The summed E-state index contributed by atoms with van der Waals surface area (Å²) in [7, 11) is 2.13. The van der Waals surface area contributed by atoms with Crippen molar-refractivity contribution in [3.63, 3.8) is 0 Å². The third-order valence-electron chi connectivity index (χ3n) is 4.11. The zero-order valence-electron chi connectivity index (χ0n) is 12.8. The van der Waals surface area contributed by atoms with Crippen molar-refractivity contribution >= 4 is 17.4 Å². The van der Waals surface area contributed by atoms with Gasteiger partial charge in [0.1, 0.15) is 16.8 Å². The average molecular weight is 297 g/mol. The smallest absolute Gasteiger partial charge is 0.134 e. The lowest BCUT2D eigenvalue weighted by Crippen LogP contribution is -2.43. The number of nitrogens with zero attached hydrogens (tertiary/aromatic N) is 4. The van der Waals surface area contributed by atoms with Crippen LogP contribution in [0.25, 0.3) is 0 Å². The van der Waals surface area contributed by atoms with Gasteiger partial charge in [0, 0.05) is 38.7 Å². The van der Waals surface area contributed by atoms with Crippen LogP contribution in [0.5, 0.6) is 0 Å². The molecule has 2 rings (SSSR count). The van der Waals surface area contributed by atoms with Gasteiger partial charge in [-0.05, 0) is 25.8 Å². The first kappa shape index (κ1) is 15.5. The van der Waals surface area contributed by atoms with Crippen LogP contribution >= 0.6 is 11.6 Å². The number of likely N-dealkylation sites (tertiary alicyclic amines) is 1. The highest BCUT2D eigenvalue weighted by atomic mass is 35.5.